The van der Waals surface area contributed by atoms with Gasteiger partial charge in [0.15, 0.2) is 0 Å². The zero-order valence-corrected chi connectivity index (χ0v) is 15.3. The van der Waals surface area contributed by atoms with E-state index in [0.717, 1.165) is 36.6 Å². The molecule has 2 aliphatic heterocycles. The van der Waals surface area contributed by atoms with E-state index >= 15 is 0 Å². The van der Waals surface area contributed by atoms with Crippen molar-refractivity contribution < 1.29 is 9.59 Å². The summed E-state index contributed by atoms with van der Waals surface area (Å²) in [6.45, 7) is 6.42. The van der Waals surface area contributed by atoms with Gasteiger partial charge in [-0.2, -0.15) is 0 Å². The smallest absolute Gasteiger partial charge is 0.291 e. The third-order valence-electron chi connectivity index (χ3n) is 5.32. The first-order valence-corrected chi connectivity index (χ1v) is 8.63. The van der Waals surface area contributed by atoms with E-state index in [-0.39, 0.29) is 23.6 Å². The highest BCUT2D eigenvalue weighted by Crippen LogP contribution is 2.26. The maximum absolute atomic E-state index is 12.6. The van der Waals surface area contributed by atoms with Gasteiger partial charge in [-0.05, 0) is 34.4 Å². The normalized spacial score (nSPS) is 20.9. The second kappa shape index (κ2) is 6.59. The number of carbonyl (C=O) groups is 2. The molecule has 0 bridgehead atoms. The van der Waals surface area contributed by atoms with E-state index in [9.17, 15) is 9.59 Å². The summed E-state index contributed by atoms with van der Waals surface area (Å²) in [5, 5.41) is 0. The molecule has 2 amide bonds. The van der Waals surface area contributed by atoms with Crippen molar-refractivity contribution in [3.05, 3.63) is 17.1 Å². The van der Waals surface area contributed by atoms with Crippen LogP contribution in [0.4, 0.5) is 5.82 Å². The van der Waals surface area contributed by atoms with Gasteiger partial charge in [-0.3, -0.25) is 9.59 Å². The average Bonchev–Trinajstić information content (AvgIpc) is 2.97. The summed E-state index contributed by atoms with van der Waals surface area (Å²) in [5.74, 6) is 0.193. The summed E-state index contributed by atoms with van der Waals surface area (Å²) in [6.07, 6.45) is 1.07. The maximum atomic E-state index is 12.6. The first-order chi connectivity index (χ1) is 11.8. The number of likely N-dealkylation sites (tertiary alicyclic amines) is 1. The fourth-order valence-electron chi connectivity index (χ4n) is 3.34. The zero-order valence-electron chi connectivity index (χ0n) is 15.3. The van der Waals surface area contributed by atoms with Crippen LogP contribution in [0.2, 0.25) is 0 Å². The first-order valence-electron chi connectivity index (χ1n) is 8.63. The van der Waals surface area contributed by atoms with Crippen LogP contribution in [0.1, 0.15) is 28.3 Å². The number of amides is 2. The minimum atomic E-state index is -0.363. The van der Waals surface area contributed by atoms with Gasteiger partial charge in [0, 0.05) is 43.5 Å². The fraction of sp³-hybridized carbons (Fsp3) is 0.647. The molecule has 0 aliphatic carbocycles. The van der Waals surface area contributed by atoms with E-state index in [1.807, 2.05) is 13.8 Å². The monoisotopic (exact) mass is 346 g/mol. The van der Waals surface area contributed by atoms with Gasteiger partial charge in [0.2, 0.25) is 11.7 Å². The second-order valence-electron chi connectivity index (χ2n) is 7.24. The number of hydrogen-bond acceptors (Lipinski definition) is 6. The Morgan fingerprint density at radius 2 is 1.84 bits per heavy atom. The summed E-state index contributed by atoms with van der Waals surface area (Å²) >= 11 is 0. The van der Waals surface area contributed by atoms with Crippen LogP contribution in [0, 0.1) is 19.8 Å². The van der Waals surface area contributed by atoms with Crippen molar-refractivity contribution in [1.82, 2.24) is 19.8 Å². The molecule has 8 heteroatoms. The van der Waals surface area contributed by atoms with Gasteiger partial charge < -0.3 is 20.4 Å². The zero-order chi connectivity index (χ0) is 18.3. The molecule has 2 N–H and O–H groups in total. The van der Waals surface area contributed by atoms with Crippen molar-refractivity contribution in [2.24, 2.45) is 11.7 Å². The fourth-order valence-corrected chi connectivity index (χ4v) is 3.34. The highest BCUT2D eigenvalue weighted by molar-refractivity contribution is 5.93. The van der Waals surface area contributed by atoms with Crippen LogP contribution in [0.5, 0.6) is 0 Å². The molecule has 3 rings (SSSR count). The van der Waals surface area contributed by atoms with Crippen molar-refractivity contribution in [1.29, 1.82) is 0 Å². The predicted molar refractivity (Wildman–Crippen MR) is 94.4 cm³/mol. The molecule has 1 atom stereocenters. The average molecular weight is 346 g/mol. The topological polar surface area (TPSA) is 95.7 Å². The molecule has 0 saturated carbocycles. The summed E-state index contributed by atoms with van der Waals surface area (Å²) < 4.78 is 0. The van der Waals surface area contributed by atoms with E-state index in [2.05, 4.69) is 33.9 Å². The lowest BCUT2D eigenvalue weighted by Gasteiger charge is -2.36. The number of anilines is 1. The Balaban J connectivity index is 1.80. The van der Waals surface area contributed by atoms with Crippen LogP contribution in [-0.4, -0.2) is 77.9 Å². The van der Waals surface area contributed by atoms with E-state index in [0.29, 0.717) is 19.1 Å². The van der Waals surface area contributed by atoms with E-state index in [1.54, 1.807) is 4.90 Å². The summed E-state index contributed by atoms with van der Waals surface area (Å²) in [7, 11) is 4.17. The van der Waals surface area contributed by atoms with Crippen LogP contribution >= 0.6 is 0 Å². The lowest BCUT2D eigenvalue weighted by atomic mass is 9.99. The molecule has 2 saturated heterocycles. The maximum Gasteiger partial charge on any atom is 0.291 e. The Kier molecular flexibility index (Phi) is 4.64. The molecule has 136 valence electrons. The van der Waals surface area contributed by atoms with Gasteiger partial charge in [-0.25, -0.2) is 9.97 Å². The number of hydrogen-bond donors (Lipinski definition) is 1. The Labute approximate surface area is 148 Å². The molecule has 8 nitrogen and oxygen atoms in total. The first kappa shape index (κ1) is 17.6. The largest absolute Gasteiger partial charge is 0.369 e. The minimum Gasteiger partial charge on any atom is -0.369 e. The third kappa shape index (κ3) is 3.30. The molecular formula is C17H26N6O2. The van der Waals surface area contributed by atoms with E-state index in [4.69, 9.17) is 5.73 Å². The van der Waals surface area contributed by atoms with Gasteiger partial charge in [0.1, 0.15) is 5.82 Å². The van der Waals surface area contributed by atoms with Crippen LogP contribution < -0.4 is 10.6 Å². The number of aryl methyl sites for hydroxylation is 1. The Morgan fingerprint density at radius 1 is 1.16 bits per heavy atom. The van der Waals surface area contributed by atoms with E-state index < -0.39 is 0 Å². The number of primary amides is 1. The molecule has 3 heterocycles. The van der Waals surface area contributed by atoms with Crippen LogP contribution in [-0.2, 0) is 4.79 Å². The molecule has 0 aromatic carbocycles. The highest BCUT2D eigenvalue weighted by atomic mass is 16.2. The summed E-state index contributed by atoms with van der Waals surface area (Å²) in [4.78, 5) is 38.7. The van der Waals surface area contributed by atoms with Gasteiger partial charge in [0.25, 0.3) is 5.91 Å². The Hall–Kier alpha value is -2.22. The molecule has 25 heavy (non-hydrogen) atoms. The lowest BCUT2D eigenvalue weighted by Crippen LogP contribution is -2.55. The van der Waals surface area contributed by atoms with Crippen molar-refractivity contribution in [3.8, 4) is 0 Å². The molecular weight excluding hydrogens is 320 g/mol. The molecule has 1 aromatic rings. The molecule has 0 spiro atoms. The van der Waals surface area contributed by atoms with Gasteiger partial charge >= 0.3 is 0 Å². The number of rotatable bonds is 4. The van der Waals surface area contributed by atoms with Gasteiger partial charge in [-0.15, -0.1) is 0 Å². The van der Waals surface area contributed by atoms with Crippen molar-refractivity contribution in [3.63, 3.8) is 0 Å². The van der Waals surface area contributed by atoms with Crippen molar-refractivity contribution >= 4 is 17.6 Å². The van der Waals surface area contributed by atoms with Crippen LogP contribution in [0.3, 0.4) is 0 Å². The van der Waals surface area contributed by atoms with Crippen LogP contribution in [0.25, 0.3) is 0 Å². The van der Waals surface area contributed by atoms with Gasteiger partial charge in [0.05, 0.1) is 5.92 Å². The molecule has 1 aromatic heterocycles. The summed E-state index contributed by atoms with van der Waals surface area (Å²) in [5.41, 5.74) is 7.09. The molecule has 0 unspecified atom stereocenters. The number of aromatic nitrogens is 2. The summed E-state index contributed by atoms with van der Waals surface area (Å²) in [6, 6.07) is 0.487. The Bertz CT molecular complexity index is 699. The lowest BCUT2D eigenvalue weighted by molar-refractivity contribution is -0.125. The third-order valence-corrected chi connectivity index (χ3v) is 5.32. The highest BCUT2D eigenvalue weighted by Gasteiger charge is 2.36. The molecule has 2 fully saturated rings. The van der Waals surface area contributed by atoms with E-state index in [1.165, 1.54) is 0 Å². The molecule has 2 aliphatic rings. The number of carbonyl (C=O) groups excluding carboxylic acids is 2. The number of nitrogens with zero attached hydrogens (tertiary/aromatic N) is 5. The second-order valence-corrected chi connectivity index (χ2v) is 7.24. The predicted octanol–water partition coefficient (Wildman–Crippen LogP) is -0.209. The standard InChI is InChI=1S/C17H26N6O2/c1-10-11(2)19-15(17(25)23-7-12(8-23)14(18)24)20-16(10)22-6-5-13(9-22)21(3)4/h12-13H,5-9H2,1-4H3,(H2,18,24)/t13-/m1/s1. The SMILES string of the molecule is Cc1nc(C(=O)N2CC(C(N)=O)C2)nc(N2CC[C@@H](N(C)C)C2)c1C. The van der Waals surface area contributed by atoms with Crippen LogP contribution in [0.15, 0.2) is 0 Å². The molecule has 0 radical (unpaired) electrons. The van der Waals surface area contributed by atoms with Crippen molar-refractivity contribution in [2.75, 3.05) is 45.2 Å². The number of likely N-dealkylation sites (N-methyl/N-ethyl adjacent to an activating group) is 1. The number of nitrogens with two attached hydrogens (primary N) is 1. The minimum absolute atomic E-state index is 0.203. The Morgan fingerprint density at radius 3 is 2.40 bits per heavy atom. The van der Waals surface area contributed by atoms with Gasteiger partial charge in [-0.1, -0.05) is 0 Å². The quantitative estimate of drug-likeness (QED) is 0.811. The van der Waals surface area contributed by atoms with Crippen molar-refractivity contribution in [2.45, 2.75) is 26.3 Å².